The van der Waals surface area contributed by atoms with E-state index >= 15 is 0 Å². The van der Waals surface area contributed by atoms with Crippen LogP contribution in [0.1, 0.15) is 35.8 Å². The summed E-state index contributed by atoms with van der Waals surface area (Å²) in [5.41, 5.74) is 0.425. The van der Waals surface area contributed by atoms with Gasteiger partial charge in [-0.2, -0.15) is 0 Å². The minimum Gasteiger partial charge on any atom is -0.384 e. The maximum Gasteiger partial charge on any atom is 0.271 e. The van der Waals surface area contributed by atoms with E-state index in [4.69, 9.17) is 9.84 Å². The summed E-state index contributed by atoms with van der Waals surface area (Å²) in [6.07, 6.45) is 3.36. The molecule has 2 heterocycles. The van der Waals surface area contributed by atoms with Gasteiger partial charge in [-0.1, -0.05) is 11.8 Å². The van der Waals surface area contributed by atoms with Crippen molar-refractivity contribution < 1.29 is 14.6 Å². The van der Waals surface area contributed by atoms with Crippen molar-refractivity contribution in [3.8, 4) is 11.8 Å². The van der Waals surface area contributed by atoms with Gasteiger partial charge in [0.2, 0.25) is 0 Å². The van der Waals surface area contributed by atoms with E-state index < -0.39 is 0 Å². The molecule has 1 aliphatic heterocycles. The molecule has 1 fully saturated rings. The molecule has 0 spiro atoms. The lowest BCUT2D eigenvalue weighted by molar-refractivity contribution is 0.0271. The fourth-order valence-corrected chi connectivity index (χ4v) is 2.19. The van der Waals surface area contributed by atoms with Crippen LogP contribution in [-0.2, 0) is 4.74 Å². The van der Waals surface area contributed by atoms with Crippen molar-refractivity contribution in [2.75, 3.05) is 19.8 Å². The third-order valence-electron chi connectivity index (χ3n) is 3.18. The first-order chi connectivity index (χ1) is 9.64. The van der Waals surface area contributed by atoms with Gasteiger partial charge in [0.15, 0.2) is 0 Å². The number of nitrogens with zero attached hydrogens (tertiary/aromatic N) is 1. The van der Waals surface area contributed by atoms with Crippen LogP contribution in [0.15, 0.2) is 18.3 Å². The van der Waals surface area contributed by atoms with Gasteiger partial charge in [0, 0.05) is 12.8 Å². The Hall–Kier alpha value is -1.90. The molecule has 2 rings (SSSR count). The van der Waals surface area contributed by atoms with E-state index in [1.54, 1.807) is 18.3 Å². The van der Waals surface area contributed by atoms with E-state index in [0.29, 0.717) is 12.2 Å². The summed E-state index contributed by atoms with van der Waals surface area (Å²) in [6, 6.07) is 3.42. The lowest BCUT2D eigenvalue weighted by Gasteiger charge is -2.34. The van der Waals surface area contributed by atoms with Crippen molar-refractivity contribution >= 4 is 5.91 Å². The lowest BCUT2D eigenvalue weighted by atomic mass is 9.94. The van der Waals surface area contributed by atoms with Crippen molar-refractivity contribution in [2.45, 2.75) is 25.3 Å². The molecule has 0 radical (unpaired) electrons. The summed E-state index contributed by atoms with van der Waals surface area (Å²) in [5, 5.41) is 11.7. The smallest absolute Gasteiger partial charge is 0.271 e. The molecule has 1 amide bonds. The van der Waals surface area contributed by atoms with Gasteiger partial charge in [0.05, 0.1) is 17.7 Å². The number of aromatic nitrogens is 1. The second-order valence-corrected chi connectivity index (χ2v) is 5.03. The molecule has 0 aromatic carbocycles. The van der Waals surface area contributed by atoms with Gasteiger partial charge in [0.25, 0.3) is 5.91 Å². The van der Waals surface area contributed by atoms with Crippen molar-refractivity contribution in [3.05, 3.63) is 29.6 Å². The van der Waals surface area contributed by atoms with E-state index in [1.807, 2.05) is 6.92 Å². The zero-order valence-electron chi connectivity index (χ0n) is 11.5. The van der Waals surface area contributed by atoms with Crippen molar-refractivity contribution in [2.24, 2.45) is 0 Å². The minimum absolute atomic E-state index is 0.249. The fourth-order valence-electron chi connectivity index (χ4n) is 2.19. The maximum atomic E-state index is 12.3. The SMILES string of the molecule is CC1(NC(=O)c2ncccc2C#CCO)CCCOC1. The average molecular weight is 274 g/mol. The number of carbonyl (C=O) groups is 1. The first kappa shape index (κ1) is 14.5. The van der Waals surface area contributed by atoms with Crippen molar-refractivity contribution in [1.82, 2.24) is 10.3 Å². The van der Waals surface area contributed by atoms with Crippen LogP contribution in [0, 0.1) is 11.8 Å². The molecule has 1 aromatic rings. The van der Waals surface area contributed by atoms with Gasteiger partial charge in [0.1, 0.15) is 12.3 Å². The number of aliphatic hydroxyl groups is 1. The van der Waals surface area contributed by atoms with E-state index in [2.05, 4.69) is 22.1 Å². The predicted molar refractivity (Wildman–Crippen MR) is 74.1 cm³/mol. The molecule has 2 N–H and O–H groups in total. The largest absolute Gasteiger partial charge is 0.384 e. The number of hydrogen-bond donors (Lipinski definition) is 2. The van der Waals surface area contributed by atoms with Crippen LogP contribution in [0.3, 0.4) is 0 Å². The van der Waals surface area contributed by atoms with Gasteiger partial charge >= 0.3 is 0 Å². The first-order valence-electron chi connectivity index (χ1n) is 6.60. The highest BCUT2D eigenvalue weighted by Crippen LogP contribution is 2.19. The van der Waals surface area contributed by atoms with Crippen LogP contribution in [0.25, 0.3) is 0 Å². The summed E-state index contributed by atoms with van der Waals surface area (Å²) in [4.78, 5) is 16.4. The molecule has 1 atom stereocenters. The molecule has 1 aromatic heterocycles. The standard InChI is InChI=1S/C15H18N2O3/c1-15(7-4-10-20-11-15)17-14(19)13-12(6-3-9-18)5-2-8-16-13/h2,5,8,18H,4,7,9-11H2,1H3,(H,17,19). The highest BCUT2D eigenvalue weighted by atomic mass is 16.5. The van der Waals surface area contributed by atoms with Crippen LogP contribution in [0.5, 0.6) is 0 Å². The van der Waals surface area contributed by atoms with Gasteiger partial charge in [-0.3, -0.25) is 4.79 Å². The zero-order valence-corrected chi connectivity index (χ0v) is 11.5. The number of hydrogen-bond acceptors (Lipinski definition) is 4. The third-order valence-corrected chi connectivity index (χ3v) is 3.18. The Morgan fingerprint density at radius 3 is 3.20 bits per heavy atom. The molecule has 1 unspecified atom stereocenters. The molecule has 106 valence electrons. The van der Waals surface area contributed by atoms with E-state index in [0.717, 1.165) is 19.4 Å². The number of rotatable bonds is 2. The molecular weight excluding hydrogens is 256 g/mol. The molecule has 0 bridgehead atoms. The molecule has 1 aliphatic rings. The Balaban J connectivity index is 2.16. The summed E-state index contributed by atoms with van der Waals surface area (Å²) < 4.78 is 5.42. The quantitative estimate of drug-likeness (QED) is 0.780. The average Bonchev–Trinajstić information content (AvgIpc) is 2.45. The van der Waals surface area contributed by atoms with Crippen LogP contribution >= 0.6 is 0 Å². The molecular formula is C15H18N2O3. The summed E-state index contributed by atoms with van der Waals surface area (Å²) in [7, 11) is 0. The first-order valence-corrected chi connectivity index (χ1v) is 6.60. The molecule has 5 nitrogen and oxygen atoms in total. The van der Waals surface area contributed by atoms with Gasteiger partial charge < -0.3 is 15.2 Å². The molecule has 20 heavy (non-hydrogen) atoms. The normalized spacial score (nSPS) is 21.7. The monoisotopic (exact) mass is 274 g/mol. The Labute approximate surface area is 118 Å². The predicted octanol–water partition coefficient (Wildman–Crippen LogP) is 0.724. The fraction of sp³-hybridized carbons (Fsp3) is 0.467. The Bertz CT molecular complexity index is 540. The van der Waals surface area contributed by atoms with E-state index in [1.165, 1.54) is 0 Å². The third kappa shape index (κ3) is 3.56. The van der Waals surface area contributed by atoms with Crippen LogP contribution in [0.2, 0.25) is 0 Å². The van der Waals surface area contributed by atoms with Crippen LogP contribution in [-0.4, -0.2) is 41.4 Å². The van der Waals surface area contributed by atoms with Crippen molar-refractivity contribution in [3.63, 3.8) is 0 Å². The minimum atomic E-state index is -0.367. The second kappa shape index (κ2) is 6.51. The molecule has 1 saturated heterocycles. The topological polar surface area (TPSA) is 71.5 Å². The Morgan fingerprint density at radius 2 is 2.50 bits per heavy atom. The highest BCUT2D eigenvalue weighted by molar-refractivity contribution is 5.95. The number of ether oxygens (including phenoxy) is 1. The lowest BCUT2D eigenvalue weighted by Crippen LogP contribution is -2.51. The summed E-state index contributed by atoms with van der Waals surface area (Å²) in [5.74, 6) is 5.01. The number of pyridine rings is 1. The zero-order chi connectivity index (χ0) is 14.4. The highest BCUT2D eigenvalue weighted by Gasteiger charge is 2.30. The number of aliphatic hydroxyl groups excluding tert-OH is 1. The molecule has 0 aliphatic carbocycles. The van der Waals surface area contributed by atoms with Gasteiger partial charge in [-0.25, -0.2) is 4.98 Å². The van der Waals surface area contributed by atoms with Gasteiger partial charge in [-0.05, 0) is 31.9 Å². The van der Waals surface area contributed by atoms with Crippen LogP contribution < -0.4 is 5.32 Å². The summed E-state index contributed by atoms with van der Waals surface area (Å²) in [6.45, 7) is 2.96. The Kier molecular flexibility index (Phi) is 4.72. The Morgan fingerprint density at radius 1 is 1.65 bits per heavy atom. The maximum absolute atomic E-state index is 12.3. The van der Waals surface area contributed by atoms with Crippen molar-refractivity contribution in [1.29, 1.82) is 0 Å². The number of carbonyl (C=O) groups excluding carboxylic acids is 1. The number of amides is 1. The van der Waals surface area contributed by atoms with Crippen LogP contribution in [0.4, 0.5) is 0 Å². The van der Waals surface area contributed by atoms with Gasteiger partial charge in [-0.15, -0.1) is 0 Å². The summed E-state index contributed by atoms with van der Waals surface area (Å²) >= 11 is 0. The number of nitrogens with one attached hydrogen (secondary N) is 1. The van der Waals surface area contributed by atoms with E-state index in [-0.39, 0.29) is 23.7 Å². The molecule has 5 heteroatoms. The van der Waals surface area contributed by atoms with E-state index in [9.17, 15) is 4.79 Å². The molecule has 0 saturated carbocycles. The second-order valence-electron chi connectivity index (χ2n) is 5.03.